The predicted octanol–water partition coefficient (Wildman–Crippen LogP) is 0.221. The second-order valence-corrected chi connectivity index (χ2v) is 3.92. The Morgan fingerprint density at radius 3 is 2.68 bits per heavy atom. The summed E-state index contributed by atoms with van der Waals surface area (Å²) in [4.78, 5) is 22.9. The number of hydrogen-bond donors (Lipinski definition) is 3. The molecule has 0 radical (unpaired) electrons. The van der Waals surface area contributed by atoms with Gasteiger partial charge in [-0.1, -0.05) is 12.1 Å². The molecule has 100 valence electrons. The molecular weight excluding hydrogens is 244 g/mol. The van der Waals surface area contributed by atoms with Gasteiger partial charge in [0, 0.05) is 7.05 Å². The second kappa shape index (κ2) is 7.13. The summed E-state index contributed by atoms with van der Waals surface area (Å²) in [6.45, 7) is 1.71. The first-order valence-corrected chi connectivity index (χ1v) is 5.82. The van der Waals surface area contributed by atoms with Gasteiger partial charge in [-0.25, -0.2) is 0 Å². The lowest BCUT2D eigenvalue weighted by Gasteiger charge is -2.14. The summed E-state index contributed by atoms with van der Waals surface area (Å²) in [6.07, 6.45) is 0. The van der Waals surface area contributed by atoms with Gasteiger partial charge in [0.15, 0.2) is 0 Å². The molecule has 0 spiro atoms. The molecule has 0 saturated heterocycles. The molecule has 0 aliphatic carbocycles. The van der Waals surface area contributed by atoms with Crippen molar-refractivity contribution in [3.8, 4) is 6.07 Å². The van der Waals surface area contributed by atoms with Gasteiger partial charge in [-0.15, -0.1) is 0 Å². The fourth-order valence-corrected chi connectivity index (χ4v) is 1.36. The maximum atomic E-state index is 11.9. The van der Waals surface area contributed by atoms with Crippen LogP contribution in [-0.4, -0.2) is 31.4 Å². The van der Waals surface area contributed by atoms with E-state index < -0.39 is 6.04 Å². The smallest absolute Gasteiger partial charge is 0.241 e. The van der Waals surface area contributed by atoms with Gasteiger partial charge in [0.2, 0.25) is 11.8 Å². The lowest BCUT2D eigenvalue weighted by Crippen LogP contribution is -2.43. The highest BCUT2D eigenvalue weighted by molar-refractivity contribution is 5.96. The van der Waals surface area contributed by atoms with E-state index >= 15 is 0 Å². The molecule has 0 unspecified atom stereocenters. The van der Waals surface area contributed by atoms with E-state index in [4.69, 9.17) is 5.26 Å². The normalized spacial score (nSPS) is 11.2. The Bertz CT molecular complexity index is 508. The van der Waals surface area contributed by atoms with Crippen molar-refractivity contribution in [3.05, 3.63) is 29.8 Å². The van der Waals surface area contributed by atoms with Gasteiger partial charge < -0.3 is 10.6 Å². The number of amides is 2. The van der Waals surface area contributed by atoms with E-state index in [-0.39, 0.29) is 18.4 Å². The van der Waals surface area contributed by atoms with Crippen LogP contribution in [0.1, 0.15) is 12.5 Å². The van der Waals surface area contributed by atoms with Crippen LogP contribution in [0.25, 0.3) is 0 Å². The molecule has 19 heavy (non-hydrogen) atoms. The third-order valence-electron chi connectivity index (χ3n) is 2.55. The molecule has 6 heteroatoms. The van der Waals surface area contributed by atoms with Gasteiger partial charge in [-0.3, -0.25) is 14.9 Å². The molecule has 0 fully saturated rings. The molecule has 0 bridgehead atoms. The number of rotatable bonds is 5. The zero-order valence-electron chi connectivity index (χ0n) is 10.9. The summed E-state index contributed by atoms with van der Waals surface area (Å²) in [6, 6.07) is 8.20. The fraction of sp³-hybridized carbons (Fsp3) is 0.308. The van der Waals surface area contributed by atoms with Gasteiger partial charge in [-0.2, -0.15) is 5.26 Å². The van der Waals surface area contributed by atoms with E-state index in [1.165, 1.54) is 7.05 Å². The van der Waals surface area contributed by atoms with Gasteiger partial charge in [0.25, 0.3) is 0 Å². The molecule has 0 aliphatic rings. The zero-order valence-corrected chi connectivity index (χ0v) is 10.9. The minimum Gasteiger partial charge on any atom is -0.358 e. The molecule has 1 aromatic carbocycles. The number of anilines is 1. The van der Waals surface area contributed by atoms with Crippen molar-refractivity contribution in [1.82, 2.24) is 10.6 Å². The van der Waals surface area contributed by atoms with Crippen molar-refractivity contribution in [2.75, 3.05) is 18.9 Å². The highest BCUT2D eigenvalue weighted by Gasteiger charge is 2.14. The Balaban J connectivity index is 2.59. The Morgan fingerprint density at radius 2 is 2.05 bits per heavy atom. The number of carbonyl (C=O) groups is 2. The molecule has 0 saturated carbocycles. The first-order valence-electron chi connectivity index (χ1n) is 5.82. The van der Waals surface area contributed by atoms with Crippen molar-refractivity contribution in [2.45, 2.75) is 13.0 Å². The number of carbonyl (C=O) groups excluding carboxylic acids is 2. The van der Waals surface area contributed by atoms with Crippen LogP contribution in [0.2, 0.25) is 0 Å². The monoisotopic (exact) mass is 260 g/mol. The van der Waals surface area contributed by atoms with Crippen molar-refractivity contribution in [2.24, 2.45) is 0 Å². The molecule has 3 N–H and O–H groups in total. The van der Waals surface area contributed by atoms with Crippen LogP contribution in [0, 0.1) is 11.3 Å². The van der Waals surface area contributed by atoms with E-state index in [1.807, 2.05) is 6.07 Å². The fourth-order valence-electron chi connectivity index (χ4n) is 1.36. The first kappa shape index (κ1) is 14.7. The molecule has 1 rings (SSSR count). The molecule has 6 nitrogen and oxygen atoms in total. The molecule has 0 aromatic heterocycles. The number of para-hydroxylation sites is 1. The van der Waals surface area contributed by atoms with Gasteiger partial charge in [0.1, 0.15) is 6.07 Å². The molecule has 1 aromatic rings. The standard InChI is InChI=1S/C13H16N4O2/c1-9(16-8-12(18)15-2)13(19)17-11-6-4-3-5-10(11)7-14/h3-6,9,16H,8H2,1-2H3,(H,15,18)(H,17,19)/t9-/m0/s1. The lowest BCUT2D eigenvalue weighted by atomic mass is 10.2. The maximum Gasteiger partial charge on any atom is 0.241 e. The summed E-state index contributed by atoms with van der Waals surface area (Å²) in [5.41, 5.74) is 0.859. The Morgan fingerprint density at radius 1 is 1.37 bits per heavy atom. The Labute approximate surface area is 111 Å². The molecular formula is C13H16N4O2. The largest absolute Gasteiger partial charge is 0.358 e. The van der Waals surface area contributed by atoms with E-state index in [1.54, 1.807) is 31.2 Å². The lowest BCUT2D eigenvalue weighted by molar-refractivity contribution is -0.120. The minimum atomic E-state index is -0.538. The van der Waals surface area contributed by atoms with Gasteiger partial charge >= 0.3 is 0 Å². The van der Waals surface area contributed by atoms with Gasteiger partial charge in [0.05, 0.1) is 23.8 Å². The van der Waals surface area contributed by atoms with Crippen LogP contribution < -0.4 is 16.0 Å². The van der Waals surface area contributed by atoms with E-state index in [0.717, 1.165) is 0 Å². The second-order valence-electron chi connectivity index (χ2n) is 3.92. The number of nitrogens with one attached hydrogen (secondary N) is 3. The van der Waals surface area contributed by atoms with Crippen molar-refractivity contribution in [3.63, 3.8) is 0 Å². The number of benzene rings is 1. The third kappa shape index (κ3) is 4.41. The van der Waals surface area contributed by atoms with Crippen LogP contribution in [0.15, 0.2) is 24.3 Å². The summed E-state index contributed by atoms with van der Waals surface area (Å²) in [5, 5.41) is 16.8. The Kier molecular flexibility index (Phi) is 5.51. The van der Waals surface area contributed by atoms with Crippen LogP contribution in [0.5, 0.6) is 0 Å². The van der Waals surface area contributed by atoms with E-state index in [9.17, 15) is 9.59 Å². The van der Waals surface area contributed by atoms with E-state index in [2.05, 4.69) is 16.0 Å². The van der Waals surface area contributed by atoms with E-state index in [0.29, 0.717) is 11.3 Å². The summed E-state index contributed by atoms with van der Waals surface area (Å²) >= 11 is 0. The summed E-state index contributed by atoms with van der Waals surface area (Å²) < 4.78 is 0. The van der Waals surface area contributed by atoms with Gasteiger partial charge in [-0.05, 0) is 19.1 Å². The highest BCUT2D eigenvalue weighted by atomic mass is 16.2. The molecule has 2 amide bonds. The van der Waals surface area contributed by atoms with Crippen molar-refractivity contribution >= 4 is 17.5 Å². The van der Waals surface area contributed by atoms with Crippen molar-refractivity contribution < 1.29 is 9.59 Å². The molecule has 1 atom stereocenters. The maximum absolute atomic E-state index is 11.9. The number of nitriles is 1. The number of hydrogen-bond acceptors (Lipinski definition) is 4. The summed E-state index contributed by atoms with van der Waals surface area (Å²) in [5.74, 6) is -0.497. The highest BCUT2D eigenvalue weighted by Crippen LogP contribution is 2.13. The number of nitrogens with zero attached hydrogens (tertiary/aromatic N) is 1. The third-order valence-corrected chi connectivity index (χ3v) is 2.55. The summed E-state index contributed by atoms with van der Waals surface area (Å²) in [7, 11) is 1.53. The Hall–Kier alpha value is -2.39. The average molecular weight is 260 g/mol. The quantitative estimate of drug-likeness (QED) is 0.706. The molecule has 0 aliphatic heterocycles. The van der Waals surface area contributed by atoms with Crippen LogP contribution in [-0.2, 0) is 9.59 Å². The number of likely N-dealkylation sites (N-methyl/N-ethyl adjacent to an activating group) is 1. The average Bonchev–Trinajstić information content (AvgIpc) is 2.44. The SMILES string of the molecule is CNC(=O)CN[C@@H](C)C(=O)Nc1ccccc1C#N. The zero-order chi connectivity index (χ0) is 14.3. The van der Waals surface area contributed by atoms with Crippen LogP contribution in [0.4, 0.5) is 5.69 Å². The molecule has 0 heterocycles. The minimum absolute atomic E-state index is 0.0605. The van der Waals surface area contributed by atoms with Crippen molar-refractivity contribution in [1.29, 1.82) is 5.26 Å². The van der Waals surface area contributed by atoms with Crippen LogP contribution in [0.3, 0.4) is 0 Å². The predicted molar refractivity (Wildman–Crippen MR) is 71.3 cm³/mol. The first-order chi connectivity index (χ1) is 9.08. The van der Waals surface area contributed by atoms with Crippen LogP contribution >= 0.6 is 0 Å². The topological polar surface area (TPSA) is 94.0 Å².